The van der Waals surface area contributed by atoms with Crippen molar-refractivity contribution in [3.63, 3.8) is 0 Å². The number of phenols is 1. The van der Waals surface area contributed by atoms with Gasteiger partial charge in [0.05, 0.1) is 6.04 Å². The Morgan fingerprint density at radius 1 is 0.840 bits per heavy atom. The summed E-state index contributed by atoms with van der Waals surface area (Å²) in [6.07, 6.45) is 0.784. The molecular weight excluding hydrogens is 322 g/mol. The number of rotatable bonds is 6. The zero-order chi connectivity index (χ0) is 18.8. The molecule has 25 heavy (non-hydrogen) atoms. The number of primary amides is 1. The molecule has 0 spiro atoms. The highest BCUT2D eigenvalue weighted by atomic mass is 16.4. The number of carbonyl (C=O) groups excluding carboxylic acids is 1. The van der Waals surface area contributed by atoms with Gasteiger partial charge in [0, 0.05) is 0 Å². The van der Waals surface area contributed by atoms with Crippen molar-refractivity contribution in [2.24, 2.45) is 17.2 Å². The van der Waals surface area contributed by atoms with E-state index in [1.807, 2.05) is 30.3 Å². The molecule has 0 aliphatic rings. The van der Waals surface area contributed by atoms with Crippen molar-refractivity contribution in [1.82, 2.24) is 0 Å². The van der Waals surface area contributed by atoms with Crippen molar-refractivity contribution in [2.75, 3.05) is 0 Å². The molecule has 0 radical (unpaired) electrons. The van der Waals surface area contributed by atoms with E-state index >= 15 is 0 Å². The van der Waals surface area contributed by atoms with Gasteiger partial charge in [0.2, 0.25) is 5.91 Å². The lowest BCUT2D eigenvalue weighted by molar-refractivity contribution is -0.138. The van der Waals surface area contributed by atoms with Gasteiger partial charge in [0.1, 0.15) is 11.8 Å². The largest absolute Gasteiger partial charge is 0.508 e. The zero-order valence-electron chi connectivity index (χ0n) is 13.7. The summed E-state index contributed by atoms with van der Waals surface area (Å²) in [4.78, 5) is 21.0. The molecule has 0 unspecified atom stereocenters. The van der Waals surface area contributed by atoms with E-state index in [1.54, 1.807) is 12.1 Å². The third kappa shape index (κ3) is 7.96. The summed E-state index contributed by atoms with van der Waals surface area (Å²) in [6.45, 7) is 0. The van der Waals surface area contributed by atoms with Crippen molar-refractivity contribution in [2.45, 2.75) is 24.9 Å². The number of nitrogens with two attached hydrogens (primary N) is 3. The summed E-state index contributed by atoms with van der Waals surface area (Å²) in [6, 6.07) is 14.4. The molecule has 7 heteroatoms. The van der Waals surface area contributed by atoms with E-state index in [2.05, 4.69) is 0 Å². The van der Waals surface area contributed by atoms with Crippen LogP contribution < -0.4 is 17.2 Å². The molecule has 2 aromatic rings. The third-order valence-electron chi connectivity index (χ3n) is 3.37. The number of phenolic OH excluding ortho intramolecular Hbond substituents is 1. The maximum Gasteiger partial charge on any atom is 0.320 e. The summed E-state index contributed by atoms with van der Waals surface area (Å²) in [5, 5.41) is 17.5. The van der Waals surface area contributed by atoms with Crippen LogP contribution in [0.4, 0.5) is 0 Å². The second-order valence-corrected chi connectivity index (χ2v) is 5.51. The third-order valence-corrected chi connectivity index (χ3v) is 3.37. The quantitative estimate of drug-likeness (QED) is 0.510. The minimum absolute atomic E-state index is 0.160. The number of benzene rings is 2. The minimum atomic E-state index is -1.02. The number of carboxylic acids is 1. The number of aliphatic carboxylic acids is 1. The maximum atomic E-state index is 10.6. The van der Waals surface area contributed by atoms with Crippen molar-refractivity contribution in [1.29, 1.82) is 0 Å². The van der Waals surface area contributed by atoms with Crippen LogP contribution in [0.3, 0.4) is 0 Å². The molecule has 8 N–H and O–H groups in total. The number of aromatic hydroxyl groups is 1. The van der Waals surface area contributed by atoms with Gasteiger partial charge in [-0.05, 0) is 36.1 Å². The van der Waals surface area contributed by atoms with E-state index in [1.165, 1.54) is 12.1 Å². The van der Waals surface area contributed by atoms with Gasteiger partial charge in [-0.2, -0.15) is 0 Å². The lowest BCUT2D eigenvalue weighted by Gasteiger charge is -2.06. The van der Waals surface area contributed by atoms with Crippen LogP contribution in [0.2, 0.25) is 0 Å². The molecule has 0 heterocycles. The molecule has 0 saturated heterocycles. The maximum absolute atomic E-state index is 10.6. The first-order chi connectivity index (χ1) is 11.8. The van der Waals surface area contributed by atoms with Gasteiger partial charge in [0.25, 0.3) is 0 Å². The molecule has 0 aliphatic heterocycles. The Kier molecular flexibility index (Phi) is 8.11. The van der Waals surface area contributed by atoms with E-state index < -0.39 is 24.0 Å². The van der Waals surface area contributed by atoms with Gasteiger partial charge in [-0.1, -0.05) is 42.5 Å². The fraction of sp³-hybridized carbons (Fsp3) is 0.222. The topological polar surface area (TPSA) is 153 Å². The van der Waals surface area contributed by atoms with E-state index in [-0.39, 0.29) is 12.2 Å². The predicted octanol–water partition coefficient (Wildman–Crippen LogP) is 0.388. The second-order valence-electron chi connectivity index (χ2n) is 5.51. The number of carboxylic acid groups (broad SMARTS) is 1. The first-order valence-corrected chi connectivity index (χ1v) is 7.64. The molecule has 2 aromatic carbocycles. The predicted molar refractivity (Wildman–Crippen MR) is 94.7 cm³/mol. The Morgan fingerprint density at radius 3 is 1.80 bits per heavy atom. The molecule has 7 nitrogen and oxygen atoms in total. The summed E-state index contributed by atoms with van der Waals surface area (Å²) in [5.74, 6) is -1.32. The lowest BCUT2D eigenvalue weighted by atomic mass is 10.1. The van der Waals surface area contributed by atoms with Gasteiger partial charge in [0.15, 0.2) is 0 Å². The van der Waals surface area contributed by atoms with Crippen LogP contribution in [0.1, 0.15) is 11.1 Å². The molecule has 0 aromatic heterocycles. The number of carbonyl (C=O) groups is 2. The van der Waals surface area contributed by atoms with Crippen LogP contribution >= 0.6 is 0 Å². The normalized spacial score (nSPS) is 12.4. The Labute approximate surface area is 146 Å². The van der Waals surface area contributed by atoms with Crippen LogP contribution in [0.5, 0.6) is 5.75 Å². The average Bonchev–Trinajstić information content (AvgIpc) is 2.58. The fourth-order valence-corrected chi connectivity index (χ4v) is 1.94. The molecule has 0 aliphatic carbocycles. The summed E-state index contributed by atoms with van der Waals surface area (Å²) < 4.78 is 0. The molecular formula is C18H23N3O4. The molecule has 0 fully saturated rings. The summed E-state index contributed by atoms with van der Waals surface area (Å²) >= 11 is 0. The van der Waals surface area contributed by atoms with E-state index in [9.17, 15) is 9.59 Å². The fourth-order valence-electron chi connectivity index (χ4n) is 1.94. The molecule has 0 saturated carbocycles. The molecule has 134 valence electrons. The Hall–Kier alpha value is -2.90. The monoisotopic (exact) mass is 345 g/mol. The van der Waals surface area contributed by atoms with Crippen LogP contribution in [-0.4, -0.2) is 34.2 Å². The highest BCUT2D eigenvalue weighted by molar-refractivity contribution is 5.79. The Morgan fingerprint density at radius 2 is 1.32 bits per heavy atom. The molecule has 1 amide bonds. The number of hydrogen-bond donors (Lipinski definition) is 5. The van der Waals surface area contributed by atoms with Gasteiger partial charge in [-0.25, -0.2) is 0 Å². The number of hydrogen-bond acceptors (Lipinski definition) is 5. The highest BCUT2D eigenvalue weighted by Gasteiger charge is 2.11. The van der Waals surface area contributed by atoms with Crippen LogP contribution in [0.25, 0.3) is 0 Å². The summed E-state index contributed by atoms with van der Waals surface area (Å²) in [7, 11) is 0. The van der Waals surface area contributed by atoms with Crippen LogP contribution in [0.15, 0.2) is 54.6 Å². The Bertz CT molecular complexity index is 674. The SMILES string of the molecule is NC(=O)[C@@H](N)Cc1ccccc1.N[C@@H](Cc1ccc(O)cc1)C(=O)O. The standard InChI is InChI=1S/C9H12N2O.C9H11NO3/c10-8(9(11)12)6-7-4-2-1-3-5-7;10-8(9(12)13)5-6-1-3-7(11)4-2-6/h1-5,8H,6,10H2,(H2,11,12);1-4,8,11H,5,10H2,(H,12,13)/t2*8-/m00/s1. The van der Waals surface area contributed by atoms with E-state index in [0.29, 0.717) is 6.42 Å². The summed E-state index contributed by atoms with van der Waals surface area (Å²) in [5.41, 5.74) is 17.6. The molecule has 0 bridgehead atoms. The van der Waals surface area contributed by atoms with Crippen LogP contribution in [0, 0.1) is 0 Å². The van der Waals surface area contributed by atoms with Crippen LogP contribution in [-0.2, 0) is 22.4 Å². The minimum Gasteiger partial charge on any atom is -0.508 e. The Balaban J connectivity index is 0.000000251. The van der Waals surface area contributed by atoms with Gasteiger partial charge in [-0.3, -0.25) is 9.59 Å². The highest BCUT2D eigenvalue weighted by Crippen LogP contribution is 2.10. The zero-order valence-corrected chi connectivity index (χ0v) is 13.7. The van der Waals surface area contributed by atoms with Gasteiger partial charge >= 0.3 is 5.97 Å². The first-order valence-electron chi connectivity index (χ1n) is 7.64. The first kappa shape index (κ1) is 20.1. The van der Waals surface area contributed by atoms with E-state index in [4.69, 9.17) is 27.4 Å². The van der Waals surface area contributed by atoms with Crippen molar-refractivity contribution < 1.29 is 19.8 Å². The molecule has 2 atom stereocenters. The lowest BCUT2D eigenvalue weighted by Crippen LogP contribution is -2.38. The van der Waals surface area contributed by atoms with E-state index in [0.717, 1.165) is 11.1 Å². The van der Waals surface area contributed by atoms with Crippen molar-refractivity contribution in [3.8, 4) is 5.75 Å². The molecule has 2 rings (SSSR count). The average molecular weight is 345 g/mol. The second kappa shape index (κ2) is 10.1. The van der Waals surface area contributed by atoms with Crippen molar-refractivity contribution >= 4 is 11.9 Å². The van der Waals surface area contributed by atoms with Crippen molar-refractivity contribution in [3.05, 3.63) is 65.7 Å². The van der Waals surface area contributed by atoms with Gasteiger partial charge in [-0.15, -0.1) is 0 Å². The van der Waals surface area contributed by atoms with Gasteiger partial charge < -0.3 is 27.4 Å². The smallest absolute Gasteiger partial charge is 0.320 e. The number of amides is 1.